The van der Waals surface area contributed by atoms with Gasteiger partial charge in [0.15, 0.2) is 0 Å². The van der Waals surface area contributed by atoms with Crippen LogP contribution in [-0.4, -0.2) is 19.1 Å². The van der Waals surface area contributed by atoms with E-state index in [4.69, 9.17) is 5.73 Å². The van der Waals surface area contributed by atoms with Gasteiger partial charge in [-0.2, -0.15) is 0 Å². The lowest BCUT2D eigenvalue weighted by atomic mass is 9.85. The molecule has 19 heavy (non-hydrogen) atoms. The van der Waals surface area contributed by atoms with Gasteiger partial charge in [0.25, 0.3) is 0 Å². The highest BCUT2D eigenvalue weighted by Gasteiger charge is 2.20. The first-order valence-corrected chi connectivity index (χ1v) is 7.70. The van der Waals surface area contributed by atoms with Gasteiger partial charge in [-0.05, 0) is 63.1 Å². The summed E-state index contributed by atoms with van der Waals surface area (Å²) < 4.78 is 0. The highest BCUT2D eigenvalue weighted by Crippen LogP contribution is 2.30. The van der Waals surface area contributed by atoms with Crippen LogP contribution < -0.4 is 10.6 Å². The van der Waals surface area contributed by atoms with E-state index in [1.807, 2.05) is 0 Å². The number of anilines is 1. The molecule has 1 unspecified atom stereocenters. The van der Waals surface area contributed by atoms with Crippen LogP contribution in [0.25, 0.3) is 0 Å². The van der Waals surface area contributed by atoms with Crippen molar-refractivity contribution < 1.29 is 0 Å². The summed E-state index contributed by atoms with van der Waals surface area (Å²) in [4.78, 5) is 2.54. The van der Waals surface area contributed by atoms with Crippen LogP contribution in [0.4, 0.5) is 5.69 Å². The smallest absolute Gasteiger partial charge is 0.0396 e. The molecule has 0 heterocycles. The van der Waals surface area contributed by atoms with E-state index >= 15 is 0 Å². The maximum absolute atomic E-state index is 5.88. The van der Waals surface area contributed by atoms with E-state index in [1.54, 1.807) is 0 Å². The standard InChI is InChI=1S/C17H28N2/c1-4-19(12-15-6-5-7-15)17-9-8-16(10-13(17)2)11-14(3)18/h8-10,14-15H,4-7,11-12,18H2,1-3H3. The highest BCUT2D eigenvalue weighted by atomic mass is 15.1. The summed E-state index contributed by atoms with van der Waals surface area (Å²) in [5.74, 6) is 0.920. The Morgan fingerprint density at radius 2 is 2.11 bits per heavy atom. The van der Waals surface area contributed by atoms with Crippen LogP contribution in [0.15, 0.2) is 18.2 Å². The molecule has 2 heteroatoms. The molecular weight excluding hydrogens is 232 g/mol. The summed E-state index contributed by atoms with van der Waals surface area (Å²) in [7, 11) is 0. The fraction of sp³-hybridized carbons (Fsp3) is 0.647. The van der Waals surface area contributed by atoms with Crippen LogP contribution in [0, 0.1) is 12.8 Å². The number of hydrogen-bond acceptors (Lipinski definition) is 2. The van der Waals surface area contributed by atoms with Crippen LogP contribution in [0.3, 0.4) is 0 Å². The summed E-state index contributed by atoms with van der Waals surface area (Å²) in [6, 6.07) is 7.08. The zero-order valence-corrected chi connectivity index (χ0v) is 12.7. The summed E-state index contributed by atoms with van der Waals surface area (Å²) in [5, 5.41) is 0. The largest absolute Gasteiger partial charge is 0.371 e. The van der Waals surface area contributed by atoms with Crippen molar-refractivity contribution in [2.45, 2.75) is 52.5 Å². The number of nitrogens with two attached hydrogens (primary N) is 1. The molecular formula is C17H28N2. The zero-order chi connectivity index (χ0) is 13.8. The highest BCUT2D eigenvalue weighted by molar-refractivity contribution is 5.54. The predicted octanol–water partition coefficient (Wildman–Crippen LogP) is 3.51. The first kappa shape index (κ1) is 14.4. The topological polar surface area (TPSA) is 29.3 Å². The second-order valence-corrected chi connectivity index (χ2v) is 6.14. The molecule has 0 aliphatic heterocycles. The summed E-state index contributed by atoms with van der Waals surface area (Å²) in [6.45, 7) is 8.88. The van der Waals surface area contributed by atoms with Crippen LogP contribution >= 0.6 is 0 Å². The van der Waals surface area contributed by atoms with Crippen molar-refractivity contribution in [2.75, 3.05) is 18.0 Å². The second-order valence-electron chi connectivity index (χ2n) is 6.14. The molecule has 0 spiro atoms. The Morgan fingerprint density at radius 3 is 2.58 bits per heavy atom. The quantitative estimate of drug-likeness (QED) is 0.848. The van der Waals surface area contributed by atoms with Gasteiger partial charge in [0.2, 0.25) is 0 Å². The van der Waals surface area contributed by atoms with Crippen molar-refractivity contribution in [3.8, 4) is 0 Å². The van der Waals surface area contributed by atoms with E-state index in [-0.39, 0.29) is 6.04 Å². The lowest BCUT2D eigenvalue weighted by molar-refractivity contribution is 0.318. The van der Waals surface area contributed by atoms with Gasteiger partial charge in [0.1, 0.15) is 0 Å². The molecule has 1 aromatic carbocycles. The molecule has 106 valence electrons. The van der Waals surface area contributed by atoms with Crippen molar-refractivity contribution >= 4 is 5.69 Å². The SMILES string of the molecule is CCN(CC1CCC1)c1ccc(CC(C)N)cc1C. The zero-order valence-electron chi connectivity index (χ0n) is 12.7. The molecule has 1 atom stereocenters. The fourth-order valence-electron chi connectivity index (χ4n) is 2.96. The van der Waals surface area contributed by atoms with Gasteiger partial charge >= 0.3 is 0 Å². The molecule has 0 saturated heterocycles. The molecule has 1 aliphatic rings. The average Bonchev–Trinajstić information content (AvgIpc) is 2.29. The van der Waals surface area contributed by atoms with Gasteiger partial charge in [-0.15, -0.1) is 0 Å². The molecule has 2 nitrogen and oxygen atoms in total. The Labute approximate surface area is 118 Å². The average molecular weight is 260 g/mol. The lowest BCUT2D eigenvalue weighted by Crippen LogP contribution is -2.32. The Balaban J connectivity index is 2.08. The van der Waals surface area contributed by atoms with E-state index in [1.165, 1.54) is 42.6 Å². The van der Waals surface area contributed by atoms with Crippen molar-refractivity contribution in [1.82, 2.24) is 0 Å². The van der Waals surface area contributed by atoms with Gasteiger partial charge in [-0.1, -0.05) is 18.6 Å². The van der Waals surface area contributed by atoms with Crippen LogP contribution in [0.5, 0.6) is 0 Å². The van der Waals surface area contributed by atoms with Gasteiger partial charge < -0.3 is 10.6 Å². The molecule has 0 aromatic heterocycles. The molecule has 0 radical (unpaired) electrons. The van der Waals surface area contributed by atoms with Gasteiger partial charge in [0, 0.05) is 24.8 Å². The Morgan fingerprint density at radius 1 is 1.37 bits per heavy atom. The molecule has 1 aromatic rings. The van der Waals surface area contributed by atoms with Gasteiger partial charge in [-0.3, -0.25) is 0 Å². The third kappa shape index (κ3) is 3.73. The fourth-order valence-corrected chi connectivity index (χ4v) is 2.96. The maximum atomic E-state index is 5.88. The van der Waals surface area contributed by atoms with Gasteiger partial charge in [0.05, 0.1) is 0 Å². The first-order valence-electron chi connectivity index (χ1n) is 7.70. The predicted molar refractivity (Wildman–Crippen MR) is 83.8 cm³/mol. The Kier molecular flexibility index (Phi) is 4.87. The minimum atomic E-state index is 0.238. The number of nitrogens with zero attached hydrogens (tertiary/aromatic N) is 1. The molecule has 2 N–H and O–H groups in total. The number of benzene rings is 1. The number of aryl methyl sites for hydroxylation is 1. The summed E-state index contributed by atoms with van der Waals surface area (Å²) in [5.41, 5.74) is 10.0. The van der Waals surface area contributed by atoms with E-state index in [0.29, 0.717) is 0 Å². The molecule has 1 saturated carbocycles. The summed E-state index contributed by atoms with van der Waals surface area (Å²) >= 11 is 0. The number of rotatable bonds is 6. The maximum Gasteiger partial charge on any atom is 0.0396 e. The minimum absolute atomic E-state index is 0.238. The van der Waals surface area contributed by atoms with E-state index in [2.05, 4.69) is 43.9 Å². The molecule has 2 rings (SSSR count). The van der Waals surface area contributed by atoms with E-state index < -0.39 is 0 Å². The Hall–Kier alpha value is -1.02. The molecule has 0 amide bonds. The van der Waals surface area contributed by atoms with Crippen molar-refractivity contribution in [2.24, 2.45) is 11.7 Å². The van der Waals surface area contributed by atoms with Crippen LogP contribution in [0.1, 0.15) is 44.2 Å². The van der Waals surface area contributed by atoms with Crippen LogP contribution in [-0.2, 0) is 6.42 Å². The third-order valence-corrected chi connectivity index (χ3v) is 4.24. The minimum Gasteiger partial charge on any atom is -0.371 e. The molecule has 1 fully saturated rings. The second kappa shape index (κ2) is 6.42. The van der Waals surface area contributed by atoms with Crippen molar-refractivity contribution in [3.63, 3.8) is 0 Å². The monoisotopic (exact) mass is 260 g/mol. The molecule has 0 bridgehead atoms. The first-order chi connectivity index (χ1) is 9.10. The van der Waals surface area contributed by atoms with Crippen molar-refractivity contribution in [3.05, 3.63) is 29.3 Å². The molecule has 1 aliphatic carbocycles. The Bertz CT molecular complexity index is 408. The third-order valence-electron chi connectivity index (χ3n) is 4.24. The van der Waals surface area contributed by atoms with Crippen molar-refractivity contribution in [1.29, 1.82) is 0 Å². The van der Waals surface area contributed by atoms with E-state index in [9.17, 15) is 0 Å². The number of hydrogen-bond donors (Lipinski definition) is 1. The van der Waals surface area contributed by atoms with E-state index in [0.717, 1.165) is 18.9 Å². The normalized spacial score (nSPS) is 17.1. The summed E-state index contributed by atoms with van der Waals surface area (Å²) in [6.07, 6.45) is 5.22. The lowest BCUT2D eigenvalue weighted by Gasteiger charge is -2.34. The van der Waals surface area contributed by atoms with Gasteiger partial charge in [-0.25, -0.2) is 0 Å². The van der Waals surface area contributed by atoms with Crippen LogP contribution in [0.2, 0.25) is 0 Å².